The first-order valence-electron chi connectivity index (χ1n) is 34.5. The maximum atomic E-state index is 14.9. The van der Waals surface area contributed by atoms with Gasteiger partial charge in [-0.05, 0) is 105 Å². The van der Waals surface area contributed by atoms with E-state index in [1.807, 2.05) is 108 Å². The molecule has 0 unspecified atom stereocenters. The number of aliphatic hydroxyl groups excluding tert-OH is 1. The number of hydrogen-bond donors (Lipinski definition) is 6. The Morgan fingerprint density at radius 1 is 0.495 bits per heavy atom. The molecule has 2 heterocycles. The van der Waals surface area contributed by atoms with Crippen molar-refractivity contribution in [3.05, 3.63) is 108 Å². The maximum Gasteiger partial charge on any atom is 0.245 e. The van der Waals surface area contributed by atoms with Crippen LogP contribution in [0.1, 0.15) is 168 Å². The maximum absolute atomic E-state index is 14.9. The van der Waals surface area contributed by atoms with E-state index in [0.717, 1.165) is 30.4 Å². The number of rotatable bonds is 14. The standard InChI is InChI=1S/C74H109N9O12/c1-49(2)35-56-39-60(85)31-21-24-32-80(8)69(90)47-64(74(95)83-33-22-14-23-34-83)79-72(93)65(41-55-29-19-13-20-30-55)82(10)70(91)48-75-66(87)44-57(52(7)84)43-61(86)45-58(38-53-25-15-11-16-26-53)76-68(89)46-59(36-50(3)4)81(9)73(94)63(37-51(5)6)78-71(92)62(77-67(88)42-56)40-54-27-17-12-18-28-54/h11-13,15-20,25-30,49-52,56-59,62-65,84H,14,21-24,31-48H2,1-10H3,(H,75,87)(H,76,89)(H,77,88)(H,78,92)(H,79,93)/t52-,56-,57-,58+,59+,62+,63+,64+,65+/m1/s1. The number of amides is 9. The quantitative estimate of drug-likeness (QED) is 0.0984. The van der Waals surface area contributed by atoms with Crippen LogP contribution in [0.15, 0.2) is 91.0 Å². The van der Waals surface area contributed by atoms with Gasteiger partial charge in [0.25, 0.3) is 0 Å². The van der Waals surface area contributed by atoms with Crippen LogP contribution in [0.4, 0.5) is 0 Å². The summed E-state index contributed by atoms with van der Waals surface area (Å²) in [4.78, 5) is 163. The lowest BCUT2D eigenvalue weighted by Crippen LogP contribution is -2.57. The van der Waals surface area contributed by atoms with Crippen LogP contribution in [-0.4, -0.2) is 179 Å². The van der Waals surface area contributed by atoms with Gasteiger partial charge in [-0.15, -0.1) is 0 Å². The van der Waals surface area contributed by atoms with Gasteiger partial charge in [0.2, 0.25) is 53.2 Å². The fourth-order valence-electron chi connectivity index (χ4n) is 12.8. The van der Waals surface area contributed by atoms with Crippen LogP contribution in [0.2, 0.25) is 0 Å². The van der Waals surface area contributed by atoms with Gasteiger partial charge in [0.05, 0.1) is 19.1 Å². The first kappa shape index (κ1) is 77.9. The Kier molecular flexibility index (Phi) is 32.7. The molecular formula is C74H109N9O12. The molecule has 0 spiro atoms. The molecular weight excluding hydrogens is 1210 g/mol. The van der Waals surface area contributed by atoms with Gasteiger partial charge < -0.3 is 51.3 Å². The van der Waals surface area contributed by atoms with E-state index < -0.39 is 108 Å². The molecule has 5 rings (SSSR count). The van der Waals surface area contributed by atoms with Gasteiger partial charge in [0, 0.05) is 117 Å². The minimum Gasteiger partial charge on any atom is -0.393 e. The Labute approximate surface area is 563 Å². The lowest BCUT2D eigenvalue weighted by Gasteiger charge is -2.34. The average Bonchev–Trinajstić information content (AvgIpc) is 0.909. The predicted molar refractivity (Wildman–Crippen MR) is 366 cm³/mol. The SMILES string of the molecule is CC(C)C[C@@H]1CC(=O)CCCCN(C)C(=O)C[C@@H](C(=O)N2CCCCC2)NC(=O)[C@H](Cc2ccccc2)N(C)C(=O)CNC(=O)C[C@H]([C@@H](C)O)CC(=O)C[C@H](Cc2ccccc2)NC(=O)C[C@H](CC(C)C)N(C)C(=O)[C@H](CC(C)C)NC(=O)[C@H](Cc2ccccc2)NC(=O)C1. The molecule has 2 aliphatic rings. The molecule has 9 amide bonds. The van der Waals surface area contributed by atoms with Crippen LogP contribution in [0.25, 0.3) is 0 Å². The Hall–Kier alpha value is -7.81. The molecule has 2 fully saturated rings. The van der Waals surface area contributed by atoms with Crippen LogP contribution in [0.5, 0.6) is 0 Å². The van der Waals surface area contributed by atoms with E-state index in [4.69, 9.17) is 0 Å². The zero-order valence-electron chi connectivity index (χ0n) is 58.1. The molecule has 522 valence electrons. The summed E-state index contributed by atoms with van der Waals surface area (Å²) in [6.45, 7) is 13.9. The number of likely N-dealkylation sites (N-methyl/N-ethyl adjacent to an activating group) is 2. The van der Waals surface area contributed by atoms with E-state index in [1.165, 1.54) is 28.7 Å². The van der Waals surface area contributed by atoms with Gasteiger partial charge >= 0.3 is 0 Å². The third kappa shape index (κ3) is 27.8. The number of nitrogens with one attached hydrogen (secondary N) is 5. The van der Waals surface area contributed by atoms with Gasteiger partial charge in [0.1, 0.15) is 35.7 Å². The molecule has 0 aliphatic carbocycles. The highest BCUT2D eigenvalue weighted by Crippen LogP contribution is 2.24. The second-order valence-electron chi connectivity index (χ2n) is 27.9. The predicted octanol–water partition coefficient (Wildman–Crippen LogP) is 6.70. The monoisotopic (exact) mass is 1320 g/mol. The summed E-state index contributed by atoms with van der Waals surface area (Å²) in [5.74, 6) is -6.26. The average molecular weight is 1320 g/mol. The molecule has 9 atom stereocenters. The van der Waals surface area contributed by atoms with Crippen molar-refractivity contribution in [3.63, 3.8) is 0 Å². The van der Waals surface area contributed by atoms with Crippen molar-refractivity contribution in [2.24, 2.45) is 29.6 Å². The molecule has 3 aromatic rings. The molecule has 0 bridgehead atoms. The van der Waals surface area contributed by atoms with Crippen molar-refractivity contribution in [2.75, 3.05) is 47.3 Å². The fourth-order valence-corrected chi connectivity index (χ4v) is 12.8. The van der Waals surface area contributed by atoms with Crippen LogP contribution in [-0.2, 0) is 72.0 Å². The number of piperidine rings is 1. The van der Waals surface area contributed by atoms with Gasteiger partial charge in [-0.25, -0.2) is 0 Å². The zero-order chi connectivity index (χ0) is 69.7. The van der Waals surface area contributed by atoms with Gasteiger partial charge in [-0.3, -0.25) is 52.7 Å². The number of ketones is 2. The molecule has 2 aliphatic heterocycles. The number of Topliss-reactive ketones (excluding diaryl/α,β-unsaturated/α-hetero) is 2. The minimum absolute atomic E-state index is 0.0193. The van der Waals surface area contributed by atoms with Crippen molar-refractivity contribution in [2.45, 2.75) is 213 Å². The molecule has 21 heteroatoms. The van der Waals surface area contributed by atoms with Gasteiger partial charge in [-0.2, -0.15) is 0 Å². The van der Waals surface area contributed by atoms with Crippen LogP contribution >= 0.6 is 0 Å². The van der Waals surface area contributed by atoms with Crippen molar-refractivity contribution < 1.29 is 57.8 Å². The molecule has 95 heavy (non-hydrogen) atoms. The number of carbonyl (C=O) groups is 11. The van der Waals surface area contributed by atoms with E-state index >= 15 is 0 Å². The number of nitrogens with zero attached hydrogens (tertiary/aromatic N) is 4. The van der Waals surface area contributed by atoms with E-state index in [2.05, 4.69) is 26.6 Å². The van der Waals surface area contributed by atoms with E-state index in [-0.39, 0.29) is 119 Å². The van der Waals surface area contributed by atoms with Gasteiger partial charge in [0.15, 0.2) is 0 Å². The lowest BCUT2D eigenvalue weighted by molar-refractivity contribution is -0.144. The van der Waals surface area contributed by atoms with Crippen molar-refractivity contribution in [3.8, 4) is 0 Å². The topological polar surface area (TPSA) is 281 Å². The normalized spacial score (nSPS) is 24.3. The third-order valence-corrected chi connectivity index (χ3v) is 18.1. The molecule has 6 N–H and O–H groups in total. The molecule has 0 radical (unpaired) electrons. The van der Waals surface area contributed by atoms with Crippen LogP contribution in [0.3, 0.4) is 0 Å². The van der Waals surface area contributed by atoms with E-state index in [1.54, 1.807) is 43.3 Å². The van der Waals surface area contributed by atoms with Crippen LogP contribution < -0.4 is 26.6 Å². The minimum atomic E-state index is -1.29. The Morgan fingerprint density at radius 2 is 1.05 bits per heavy atom. The molecule has 2 saturated heterocycles. The summed E-state index contributed by atoms with van der Waals surface area (Å²) in [5, 5.41) is 25.5. The largest absolute Gasteiger partial charge is 0.393 e. The smallest absolute Gasteiger partial charge is 0.245 e. The summed E-state index contributed by atoms with van der Waals surface area (Å²) in [7, 11) is 4.64. The summed E-state index contributed by atoms with van der Waals surface area (Å²) in [6, 6.07) is 21.4. The highest BCUT2D eigenvalue weighted by molar-refractivity contribution is 5.96. The second-order valence-corrected chi connectivity index (χ2v) is 27.9. The fraction of sp³-hybridized carbons (Fsp3) is 0.608. The van der Waals surface area contributed by atoms with E-state index in [9.17, 15) is 57.8 Å². The van der Waals surface area contributed by atoms with Crippen molar-refractivity contribution in [1.82, 2.24) is 46.2 Å². The van der Waals surface area contributed by atoms with Crippen molar-refractivity contribution in [1.29, 1.82) is 0 Å². The first-order chi connectivity index (χ1) is 45.1. The van der Waals surface area contributed by atoms with Crippen molar-refractivity contribution >= 4 is 64.7 Å². The number of hydrogen-bond acceptors (Lipinski definition) is 12. The molecule has 0 aromatic heterocycles. The highest BCUT2D eigenvalue weighted by Gasteiger charge is 2.37. The number of carbonyl (C=O) groups excluding carboxylic acids is 11. The summed E-state index contributed by atoms with van der Waals surface area (Å²) in [6.07, 6.45) is 2.72. The van der Waals surface area contributed by atoms with Gasteiger partial charge in [-0.1, -0.05) is 133 Å². The summed E-state index contributed by atoms with van der Waals surface area (Å²) >= 11 is 0. The Balaban J connectivity index is 1.48. The molecule has 3 aromatic carbocycles. The Morgan fingerprint density at radius 3 is 1.63 bits per heavy atom. The first-order valence-corrected chi connectivity index (χ1v) is 34.5. The number of aliphatic hydroxyl groups is 1. The molecule has 0 saturated carbocycles. The zero-order valence-corrected chi connectivity index (χ0v) is 58.1. The summed E-state index contributed by atoms with van der Waals surface area (Å²) in [5.41, 5.74) is 2.30. The number of benzene rings is 3. The summed E-state index contributed by atoms with van der Waals surface area (Å²) < 4.78 is 0. The van der Waals surface area contributed by atoms with E-state index in [0.29, 0.717) is 44.3 Å². The number of likely N-dealkylation sites (tertiary alicyclic amines) is 1. The molecule has 21 nitrogen and oxygen atoms in total. The second kappa shape index (κ2) is 39.9. The lowest BCUT2D eigenvalue weighted by atomic mass is 9.88. The Bertz CT molecular complexity index is 2980. The highest BCUT2D eigenvalue weighted by atomic mass is 16.3. The third-order valence-electron chi connectivity index (χ3n) is 18.1. The van der Waals surface area contributed by atoms with Crippen LogP contribution in [0, 0.1) is 29.6 Å².